The first-order valence-electron chi connectivity index (χ1n) is 6.29. The van der Waals surface area contributed by atoms with Crippen LogP contribution in [0.25, 0.3) is 0 Å². The van der Waals surface area contributed by atoms with Crippen LogP contribution in [-0.2, 0) is 15.6 Å². The molecule has 4 nitrogen and oxygen atoms in total. The smallest absolute Gasteiger partial charge is 0.232 e. The van der Waals surface area contributed by atoms with Gasteiger partial charge in [-0.3, -0.25) is 13.8 Å². The second-order valence-corrected chi connectivity index (χ2v) is 6.00. The van der Waals surface area contributed by atoms with Gasteiger partial charge in [-0.25, -0.2) is 0 Å². The summed E-state index contributed by atoms with van der Waals surface area (Å²) < 4.78 is 12.0. The second-order valence-electron chi connectivity index (χ2n) is 4.25. The van der Waals surface area contributed by atoms with Gasteiger partial charge in [-0.05, 0) is 13.3 Å². The van der Waals surface area contributed by atoms with Crippen LogP contribution < -0.4 is 5.32 Å². The SMILES string of the molecule is CCCNC(=O)CS(=O)C(C)C(=O)c1ccccc1. The minimum absolute atomic E-state index is 0.125. The van der Waals surface area contributed by atoms with Crippen molar-refractivity contribution in [3.8, 4) is 0 Å². The summed E-state index contributed by atoms with van der Waals surface area (Å²) in [4.78, 5) is 23.5. The van der Waals surface area contributed by atoms with E-state index in [4.69, 9.17) is 0 Å². The highest BCUT2D eigenvalue weighted by molar-refractivity contribution is 7.87. The first-order valence-corrected chi connectivity index (χ1v) is 7.67. The second kappa shape index (κ2) is 7.84. The van der Waals surface area contributed by atoms with Crippen molar-refractivity contribution in [3.05, 3.63) is 35.9 Å². The molecule has 0 radical (unpaired) electrons. The average molecular weight is 281 g/mol. The van der Waals surface area contributed by atoms with Crippen LogP contribution in [0.1, 0.15) is 30.6 Å². The number of nitrogens with one attached hydrogen (secondary N) is 1. The number of ketones is 1. The Morgan fingerprint density at radius 1 is 1.26 bits per heavy atom. The van der Waals surface area contributed by atoms with Crippen molar-refractivity contribution >= 4 is 22.5 Å². The minimum atomic E-state index is -1.49. The van der Waals surface area contributed by atoms with E-state index in [9.17, 15) is 13.8 Å². The summed E-state index contributed by atoms with van der Waals surface area (Å²) in [7, 11) is -1.49. The van der Waals surface area contributed by atoms with Crippen molar-refractivity contribution in [1.29, 1.82) is 0 Å². The Morgan fingerprint density at radius 2 is 1.89 bits per heavy atom. The van der Waals surface area contributed by atoms with E-state index in [-0.39, 0.29) is 17.4 Å². The summed E-state index contributed by atoms with van der Waals surface area (Å²) in [6, 6.07) is 8.71. The van der Waals surface area contributed by atoms with E-state index in [0.717, 1.165) is 6.42 Å². The maximum Gasteiger partial charge on any atom is 0.232 e. The Balaban J connectivity index is 2.57. The van der Waals surface area contributed by atoms with Gasteiger partial charge in [0.15, 0.2) is 5.78 Å². The van der Waals surface area contributed by atoms with E-state index >= 15 is 0 Å². The summed E-state index contributed by atoms with van der Waals surface area (Å²) in [6.07, 6.45) is 0.830. The lowest BCUT2D eigenvalue weighted by molar-refractivity contribution is -0.118. The van der Waals surface area contributed by atoms with Crippen molar-refractivity contribution in [3.63, 3.8) is 0 Å². The first kappa shape index (κ1) is 15.6. The molecule has 0 aliphatic carbocycles. The van der Waals surface area contributed by atoms with E-state index in [0.29, 0.717) is 12.1 Å². The Labute approximate surface area is 116 Å². The lowest BCUT2D eigenvalue weighted by Gasteiger charge is -2.10. The molecular formula is C14H19NO3S. The van der Waals surface area contributed by atoms with Gasteiger partial charge in [0.05, 0.1) is 5.25 Å². The molecule has 104 valence electrons. The zero-order valence-electron chi connectivity index (χ0n) is 11.2. The van der Waals surface area contributed by atoms with Gasteiger partial charge in [-0.1, -0.05) is 37.3 Å². The maximum absolute atomic E-state index is 12.1. The van der Waals surface area contributed by atoms with Gasteiger partial charge in [0, 0.05) is 22.9 Å². The quantitative estimate of drug-likeness (QED) is 0.771. The molecule has 0 fully saturated rings. The molecule has 2 unspecified atom stereocenters. The predicted octanol–water partition coefficient (Wildman–Crippen LogP) is 1.53. The van der Waals surface area contributed by atoms with E-state index in [1.807, 2.05) is 13.0 Å². The molecule has 1 rings (SSSR count). The summed E-state index contributed by atoms with van der Waals surface area (Å²) in [5, 5.41) is 1.98. The number of rotatable bonds is 7. The molecule has 0 bridgehead atoms. The highest BCUT2D eigenvalue weighted by Crippen LogP contribution is 2.08. The van der Waals surface area contributed by atoms with Crippen LogP contribution in [0.2, 0.25) is 0 Å². The van der Waals surface area contributed by atoms with Gasteiger partial charge in [0.2, 0.25) is 5.91 Å². The summed E-state index contributed by atoms with van der Waals surface area (Å²) in [6.45, 7) is 4.11. The third kappa shape index (κ3) is 4.95. The van der Waals surface area contributed by atoms with E-state index in [1.54, 1.807) is 31.2 Å². The lowest BCUT2D eigenvalue weighted by atomic mass is 10.1. The Bertz CT molecular complexity index is 459. The molecule has 0 saturated carbocycles. The van der Waals surface area contributed by atoms with Crippen LogP contribution in [0.15, 0.2) is 30.3 Å². The molecule has 1 aromatic carbocycles. The fourth-order valence-electron chi connectivity index (χ4n) is 1.53. The third-order valence-corrected chi connectivity index (χ3v) is 4.22. The molecule has 0 aromatic heterocycles. The molecule has 0 saturated heterocycles. The zero-order chi connectivity index (χ0) is 14.3. The number of Topliss-reactive ketones (excluding diaryl/α,β-unsaturated/α-hetero) is 1. The molecule has 0 spiro atoms. The topological polar surface area (TPSA) is 63.2 Å². The van der Waals surface area contributed by atoms with Crippen LogP contribution in [-0.4, -0.2) is 33.4 Å². The van der Waals surface area contributed by atoms with Crippen molar-refractivity contribution < 1.29 is 13.8 Å². The summed E-state index contributed by atoms with van der Waals surface area (Å²) in [5.41, 5.74) is 0.525. The van der Waals surface area contributed by atoms with E-state index < -0.39 is 16.0 Å². The maximum atomic E-state index is 12.1. The van der Waals surface area contributed by atoms with Crippen molar-refractivity contribution in [2.24, 2.45) is 0 Å². The van der Waals surface area contributed by atoms with Crippen LogP contribution >= 0.6 is 0 Å². The van der Waals surface area contributed by atoms with Crippen molar-refractivity contribution in [2.75, 3.05) is 12.3 Å². The molecular weight excluding hydrogens is 262 g/mol. The van der Waals surface area contributed by atoms with Crippen LogP contribution in [0.5, 0.6) is 0 Å². The predicted molar refractivity (Wildman–Crippen MR) is 76.5 cm³/mol. The Morgan fingerprint density at radius 3 is 2.47 bits per heavy atom. The zero-order valence-corrected chi connectivity index (χ0v) is 12.0. The standard InChI is InChI=1S/C14H19NO3S/c1-3-9-15-13(16)10-19(18)11(2)14(17)12-7-5-4-6-8-12/h4-8,11H,3,9-10H2,1-2H3,(H,15,16). The Hall–Kier alpha value is -1.49. The van der Waals surface area contributed by atoms with E-state index in [1.165, 1.54) is 0 Å². The minimum Gasteiger partial charge on any atom is -0.355 e. The van der Waals surface area contributed by atoms with Crippen LogP contribution in [0.4, 0.5) is 0 Å². The van der Waals surface area contributed by atoms with Gasteiger partial charge in [0.1, 0.15) is 5.75 Å². The van der Waals surface area contributed by atoms with E-state index in [2.05, 4.69) is 5.32 Å². The Kier molecular flexibility index (Phi) is 6.42. The van der Waals surface area contributed by atoms with Crippen molar-refractivity contribution in [1.82, 2.24) is 5.32 Å². The molecule has 1 amide bonds. The highest BCUT2D eigenvalue weighted by Gasteiger charge is 2.22. The average Bonchev–Trinajstić information content (AvgIpc) is 2.44. The molecule has 5 heteroatoms. The summed E-state index contributed by atoms with van der Waals surface area (Å²) in [5.74, 6) is -0.588. The normalized spacial score (nSPS) is 13.6. The molecule has 0 heterocycles. The number of amides is 1. The lowest BCUT2D eigenvalue weighted by Crippen LogP contribution is -2.33. The van der Waals surface area contributed by atoms with Gasteiger partial charge in [-0.15, -0.1) is 0 Å². The molecule has 0 aliphatic heterocycles. The number of carbonyl (C=O) groups excluding carboxylic acids is 2. The monoisotopic (exact) mass is 281 g/mol. The van der Waals surface area contributed by atoms with Gasteiger partial charge in [0.25, 0.3) is 0 Å². The fourth-order valence-corrected chi connectivity index (χ4v) is 2.51. The molecule has 1 N–H and O–H groups in total. The number of hydrogen-bond acceptors (Lipinski definition) is 3. The fraction of sp³-hybridized carbons (Fsp3) is 0.429. The highest BCUT2D eigenvalue weighted by atomic mass is 32.2. The summed E-state index contributed by atoms with van der Waals surface area (Å²) >= 11 is 0. The number of benzene rings is 1. The van der Waals surface area contributed by atoms with Gasteiger partial charge >= 0.3 is 0 Å². The third-order valence-electron chi connectivity index (χ3n) is 2.67. The van der Waals surface area contributed by atoms with Crippen LogP contribution in [0.3, 0.4) is 0 Å². The van der Waals surface area contributed by atoms with Crippen molar-refractivity contribution in [2.45, 2.75) is 25.5 Å². The molecule has 1 aromatic rings. The first-order chi connectivity index (χ1) is 9.06. The number of hydrogen-bond donors (Lipinski definition) is 1. The largest absolute Gasteiger partial charge is 0.355 e. The molecule has 2 atom stereocenters. The van der Waals surface area contributed by atoms with Gasteiger partial charge in [-0.2, -0.15) is 0 Å². The molecule has 19 heavy (non-hydrogen) atoms. The molecule has 0 aliphatic rings. The van der Waals surface area contributed by atoms with Crippen LogP contribution in [0, 0.1) is 0 Å². The van der Waals surface area contributed by atoms with Gasteiger partial charge < -0.3 is 5.32 Å². The number of carbonyl (C=O) groups is 2.